The van der Waals surface area contributed by atoms with Crippen LogP contribution in [0.5, 0.6) is 0 Å². The van der Waals surface area contributed by atoms with Crippen molar-refractivity contribution in [3.63, 3.8) is 0 Å². The summed E-state index contributed by atoms with van der Waals surface area (Å²) in [7, 11) is 0. The lowest BCUT2D eigenvalue weighted by molar-refractivity contribution is 0.0734. The molecule has 0 atom stereocenters. The van der Waals surface area contributed by atoms with Crippen LogP contribution in [0.25, 0.3) is 0 Å². The molecule has 114 valence electrons. The maximum Gasteiger partial charge on any atom is 0.254 e. The smallest absolute Gasteiger partial charge is 0.254 e. The third kappa shape index (κ3) is 3.88. The van der Waals surface area contributed by atoms with E-state index in [-0.39, 0.29) is 5.91 Å². The van der Waals surface area contributed by atoms with Crippen molar-refractivity contribution >= 4 is 23.3 Å². The molecule has 0 bridgehead atoms. The van der Waals surface area contributed by atoms with E-state index in [9.17, 15) is 4.79 Å². The molecule has 1 heterocycles. The predicted octanol–water partition coefficient (Wildman–Crippen LogP) is 3.57. The zero-order chi connectivity index (χ0) is 14.8. The molecular weight excluding hydrogens is 286 g/mol. The highest BCUT2D eigenvalue weighted by Crippen LogP contribution is 2.35. The molecule has 4 nitrogen and oxygen atoms in total. The Balaban J connectivity index is 1.76. The van der Waals surface area contributed by atoms with E-state index in [0.717, 1.165) is 32.4 Å². The van der Waals surface area contributed by atoms with E-state index >= 15 is 0 Å². The molecule has 0 saturated heterocycles. The van der Waals surface area contributed by atoms with Crippen LogP contribution in [0.3, 0.4) is 0 Å². The average Bonchev–Trinajstić information content (AvgIpc) is 3.34. The second kappa shape index (κ2) is 6.22. The van der Waals surface area contributed by atoms with E-state index in [1.807, 2.05) is 11.0 Å². The molecule has 0 spiro atoms. The zero-order valence-corrected chi connectivity index (χ0v) is 13.2. The fourth-order valence-corrected chi connectivity index (χ4v) is 2.70. The summed E-state index contributed by atoms with van der Waals surface area (Å²) in [5, 5.41) is 3.58. The molecule has 1 N–H and O–H groups in total. The summed E-state index contributed by atoms with van der Waals surface area (Å²) in [6, 6.07) is 3.95. The molecule has 5 heteroatoms. The molecular formula is C16H22ClN3O. The van der Waals surface area contributed by atoms with Gasteiger partial charge in [0, 0.05) is 24.7 Å². The second-order valence-corrected chi connectivity index (χ2v) is 6.51. The van der Waals surface area contributed by atoms with Crippen molar-refractivity contribution in [2.24, 2.45) is 5.92 Å². The number of pyridine rings is 1. The highest BCUT2D eigenvalue weighted by Gasteiger charge is 2.37. The number of halogens is 1. The molecule has 0 unspecified atom stereocenters. The topological polar surface area (TPSA) is 45.2 Å². The van der Waals surface area contributed by atoms with E-state index < -0.39 is 0 Å². The number of anilines is 1. The van der Waals surface area contributed by atoms with Crippen LogP contribution in [0, 0.1) is 5.92 Å². The minimum absolute atomic E-state index is 0.105. The maximum absolute atomic E-state index is 12.8. The Bertz CT molecular complexity index is 526. The largest absolute Gasteiger partial charge is 0.370 e. The first-order chi connectivity index (χ1) is 10.2. The van der Waals surface area contributed by atoms with Crippen molar-refractivity contribution in [1.29, 1.82) is 0 Å². The molecule has 0 aliphatic heterocycles. The van der Waals surface area contributed by atoms with E-state index in [1.54, 1.807) is 6.07 Å². The Morgan fingerprint density at radius 3 is 2.76 bits per heavy atom. The van der Waals surface area contributed by atoms with E-state index in [1.165, 1.54) is 12.8 Å². The summed E-state index contributed by atoms with van der Waals surface area (Å²) in [4.78, 5) is 19.1. The monoisotopic (exact) mass is 307 g/mol. The highest BCUT2D eigenvalue weighted by atomic mass is 35.5. The number of nitrogens with one attached hydrogen (secondary N) is 1. The fourth-order valence-electron chi connectivity index (χ4n) is 2.49. The number of nitrogens with zero attached hydrogens (tertiary/aromatic N) is 2. The van der Waals surface area contributed by atoms with Gasteiger partial charge < -0.3 is 10.2 Å². The number of hydrogen-bond acceptors (Lipinski definition) is 3. The Hall–Kier alpha value is -1.29. The van der Waals surface area contributed by atoms with Gasteiger partial charge in [0.1, 0.15) is 11.0 Å². The minimum Gasteiger partial charge on any atom is -0.370 e. The summed E-state index contributed by atoms with van der Waals surface area (Å²) < 4.78 is 0. The van der Waals surface area contributed by atoms with Crippen molar-refractivity contribution in [3.8, 4) is 0 Å². The third-order valence-electron chi connectivity index (χ3n) is 4.00. The van der Waals surface area contributed by atoms with Crippen molar-refractivity contribution in [2.75, 3.05) is 18.4 Å². The number of aromatic nitrogens is 1. The molecule has 2 aliphatic rings. The number of amides is 1. The lowest BCUT2D eigenvalue weighted by Crippen LogP contribution is -2.35. The molecule has 21 heavy (non-hydrogen) atoms. The third-order valence-corrected chi connectivity index (χ3v) is 4.19. The van der Waals surface area contributed by atoms with E-state index in [4.69, 9.17) is 11.6 Å². The van der Waals surface area contributed by atoms with Gasteiger partial charge in [-0.2, -0.15) is 0 Å². The standard InChI is InChI=1S/C16H22ClN3O/c1-2-7-18-15-9-12(8-14(17)19-15)16(21)20(13-5-6-13)10-11-3-4-11/h8-9,11,13H,2-7,10H2,1H3,(H,18,19). The normalized spacial score (nSPS) is 17.6. The summed E-state index contributed by atoms with van der Waals surface area (Å²) in [6.07, 6.45) is 5.80. The summed E-state index contributed by atoms with van der Waals surface area (Å²) in [5.74, 6) is 1.51. The molecule has 1 amide bonds. The van der Waals surface area contributed by atoms with Gasteiger partial charge in [0.15, 0.2) is 0 Å². The van der Waals surface area contributed by atoms with Gasteiger partial charge in [-0.3, -0.25) is 4.79 Å². The predicted molar refractivity (Wildman–Crippen MR) is 84.8 cm³/mol. The first-order valence-electron chi connectivity index (χ1n) is 7.89. The highest BCUT2D eigenvalue weighted by molar-refractivity contribution is 6.29. The molecule has 0 aromatic carbocycles. The van der Waals surface area contributed by atoms with Crippen LogP contribution >= 0.6 is 11.6 Å². The van der Waals surface area contributed by atoms with Crippen LogP contribution in [-0.4, -0.2) is 34.9 Å². The number of carbonyl (C=O) groups is 1. The van der Waals surface area contributed by atoms with Crippen LogP contribution in [0.15, 0.2) is 12.1 Å². The Labute approximate surface area is 130 Å². The lowest BCUT2D eigenvalue weighted by Gasteiger charge is -2.22. The molecule has 0 radical (unpaired) electrons. The fraction of sp³-hybridized carbons (Fsp3) is 0.625. The van der Waals surface area contributed by atoms with Crippen molar-refractivity contribution in [1.82, 2.24) is 9.88 Å². The molecule has 2 fully saturated rings. The number of carbonyl (C=O) groups excluding carboxylic acids is 1. The van der Waals surface area contributed by atoms with Gasteiger partial charge in [-0.15, -0.1) is 0 Å². The maximum atomic E-state index is 12.8. The number of rotatable bonds is 7. The SMILES string of the molecule is CCCNc1cc(C(=O)N(CC2CC2)C2CC2)cc(Cl)n1. The number of hydrogen-bond donors (Lipinski definition) is 1. The van der Waals surface area contributed by atoms with Crippen molar-refractivity contribution in [2.45, 2.75) is 45.1 Å². The average molecular weight is 308 g/mol. The van der Waals surface area contributed by atoms with Crippen molar-refractivity contribution < 1.29 is 4.79 Å². The molecule has 1 aromatic heterocycles. The van der Waals surface area contributed by atoms with E-state index in [2.05, 4.69) is 17.2 Å². The Morgan fingerprint density at radius 1 is 1.38 bits per heavy atom. The minimum atomic E-state index is 0.105. The first-order valence-corrected chi connectivity index (χ1v) is 8.27. The van der Waals surface area contributed by atoms with Crippen LogP contribution in [-0.2, 0) is 0 Å². The Kier molecular flexibility index (Phi) is 4.34. The lowest BCUT2D eigenvalue weighted by atomic mass is 10.2. The Morgan fingerprint density at radius 2 is 2.14 bits per heavy atom. The van der Waals surface area contributed by atoms with Gasteiger partial charge in [-0.25, -0.2) is 4.98 Å². The summed E-state index contributed by atoms with van der Waals surface area (Å²) >= 11 is 6.07. The molecule has 2 saturated carbocycles. The molecule has 1 aromatic rings. The van der Waals surface area contributed by atoms with E-state index in [0.29, 0.717) is 28.5 Å². The van der Waals surface area contributed by atoms with Gasteiger partial charge in [-0.1, -0.05) is 18.5 Å². The zero-order valence-electron chi connectivity index (χ0n) is 12.4. The first kappa shape index (κ1) is 14.6. The van der Waals surface area contributed by atoms with Crippen LogP contribution in [0.4, 0.5) is 5.82 Å². The van der Waals surface area contributed by atoms with Crippen molar-refractivity contribution in [3.05, 3.63) is 22.8 Å². The van der Waals surface area contributed by atoms with Gasteiger partial charge in [0.2, 0.25) is 0 Å². The van der Waals surface area contributed by atoms with Gasteiger partial charge in [0.25, 0.3) is 5.91 Å². The van der Waals surface area contributed by atoms with Crippen LogP contribution in [0.2, 0.25) is 5.15 Å². The summed E-state index contributed by atoms with van der Waals surface area (Å²) in [6.45, 7) is 3.82. The molecule has 2 aliphatic carbocycles. The van der Waals surface area contributed by atoms with Gasteiger partial charge in [-0.05, 0) is 50.2 Å². The molecule has 3 rings (SSSR count). The van der Waals surface area contributed by atoms with Gasteiger partial charge >= 0.3 is 0 Å². The van der Waals surface area contributed by atoms with Gasteiger partial charge in [0.05, 0.1) is 0 Å². The quantitative estimate of drug-likeness (QED) is 0.783. The van der Waals surface area contributed by atoms with Crippen LogP contribution in [0.1, 0.15) is 49.4 Å². The second-order valence-electron chi connectivity index (χ2n) is 6.12. The van der Waals surface area contributed by atoms with Crippen LogP contribution < -0.4 is 5.32 Å². The summed E-state index contributed by atoms with van der Waals surface area (Å²) in [5.41, 5.74) is 0.654.